The van der Waals surface area contributed by atoms with Gasteiger partial charge in [-0.05, 0) is 24.3 Å². The van der Waals surface area contributed by atoms with Crippen LogP contribution in [0.3, 0.4) is 0 Å². The first-order valence-corrected chi connectivity index (χ1v) is 9.18. The minimum Gasteiger partial charge on any atom is -0.507 e. The van der Waals surface area contributed by atoms with Gasteiger partial charge < -0.3 is 19.6 Å². The van der Waals surface area contributed by atoms with Crippen LogP contribution in [0.5, 0.6) is 0 Å². The molecule has 1 aliphatic heterocycles. The molecule has 0 bridgehead atoms. The molecule has 0 radical (unpaired) electrons. The predicted molar refractivity (Wildman–Crippen MR) is 107 cm³/mol. The van der Waals surface area contributed by atoms with Crippen LogP contribution in [0.2, 0.25) is 0 Å². The maximum atomic E-state index is 13.3. The lowest BCUT2D eigenvalue weighted by molar-refractivity contribution is -0.397. The molecule has 0 unspecified atom stereocenters. The molecule has 4 aromatic rings. The van der Waals surface area contributed by atoms with Gasteiger partial charge in [0, 0.05) is 22.8 Å². The molecule has 1 fully saturated rings. The number of hydrogen-bond acceptors (Lipinski definition) is 4. The summed E-state index contributed by atoms with van der Waals surface area (Å²) in [6.45, 7) is 0. The molecule has 5 nitrogen and oxygen atoms in total. The topological polar surface area (TPSA) is 67.4 Å². The zero-order valence-electron chi connectivity index (χ0n) is 15.2. The van der Waals surface area contributed by atoms with E-state index in [1.165, 1.54) is 18.2 Å². The van der Waals surface area contributed by atoms with Gasteiger partial charge in [-0.2, -0.15) is 0 Å². The molecule has 1 aliphatic rings. The Morgan fingerprint density at radius 1 is 0.931 bits per heavy atom. The monoisotopic (exact) mass is 388 g/mol. The van der Waals surface area contributed by atoms with Gasteiger partial charge in [0.2, 0.25) is 0 Å². The number of ether oxygens (including phenoxy) is 2. The fourth-order valence-corrected chi connectivity index (χ4v) is 3.28. The molecule has 0 aliphatic carbocycles. The molecule has 2 heterocycles. The van der Waals surface area contributed by atoms with Crippen LogP contribution >= 0.6 is 0 Å². The minimum atomic E-state index is -0.437. The van der Waals surface area contributed by atoms with E-state index in [0.29, 0.717) is 11.4 Å². The number of aromatic nitrogens is 2. The number of rotatable bonds is 4. The quantitative estimate of drug-likeness (QED) is 0.453. The molecule has 1 aromatic heterocycles. The third-order valence-corrected chi connectivity index (χ3v) is 4.76. The van der Waals surface area contributed by atoms with Gasteiger partial charge in [0.05, 0.1) is 11.0 Å². The molecule has 1 saturated heterocycles. The minimum absolute atomic E-state index is 0.0693. The van der Waals surface area contributed by atoms with Gasteiger partial charge in [0.15, 0.2) is 12.6 Å². The van der Waals surface area contributed by atoms with E-state index in [0.717, 1.165) is 22.2 Å². The third kappa shape index (κ3) is 3.51. The zero-order chi connectivity index (χ0) is 19.8. The van der Waals surface area contributed by atoms with Crippen LogP contribution < -0.4 is 0 Å². The Hall–Kier alpha value is -3.48. The van der Waals surface area contributed by atoms with E-state index in [-0.39, 0.29) is 12.0 Å². The number of nitrogens with one attached hydrogen (secondary N) is 1. The van der Waals surface area contributed by atoms with Crippen molar-refractivity contribution >= 4 is 22.9 Å². The first-order valence-electron chi connectivity index (χ1n) is 9.18. The Morgan fingerprint density at radius 3 is 2.52 bits per heavy atom. The molecular weight excluding hydrogens is 371 g/mol. The van der Waals surface area contributed by atoms with Crippen molar-refractivity contribution in [2.75, 3.05) is 0 Å². The first-order chi connectivity index (χ1) is 14.2. The lowest BCUT2D eigenvalue weighted by atomic mass is 10.1. The van der Waals surface area contributed by atoms with Crippen molar-refractivity contribution in [1.82, 2.24) is 9.97 Å². The maximum absolute atomic E-state index is 13.3. The highest BCUT2D eigenvalue weighted by atomic mass is 19.1. The molecule has 0 spiro atoms. The van der Waals surface area contributed by atoms with Gasteiger partial charge in [-0.15, -0.1) is 0 Å². The first kappa shape index (κ1) is 17.6. The molecule has 0 atom stereocenters. The van der Waals surface area contributed by atoms with Crippen LogP contribution in [0.15, 0.2) is 72.8 Å². The molecule has 0 amide bonds. The highest BCUT2D eigenvalue weighted by Crippen LogP contribution is 2.41. The number of aromatic amines is 1. The number of H-pyrrole nitrogens is 1. The largest absolute Gasteiger partial charge is 0.507 e. The van der Waals surface area contributed by atoms with Crippen molar-refractivity contribution in [3.63, 3.8) is 0 Å². The van der Waals surface area contributed by atoms with Gasteiger partial charge >= 0.3 is 0 Å². The van der Waals surface area contributed by atoms with Gasteiger partial charge in [-0.25, -0.2) is 9.37 Å². The summed E-state index contributed by atoms with van der Waals surface area (Å²) in [6, 6.07) is 21.2. The average molecular weight is 388 g/mol. The molecule has 2 N–H and O–H groups in total. The lowest BCUT2D eigenvalue weighted by Gasteiger charge is -2.36. The highest BCUT2D eigenvalue weighted by molar-refractivity contribution is 5.81. The molecule has 29 heavy (non-hydrogen) atoms. The number of fused-ring (bicyclic) bond motifs is 1. The lowest BCUT2D eigenvalue weighted by Crippen LogP contribution is -2.27. The Morgan fingerprint density at radius 2 is 1.72 bits per heavy atom. The van der Waals surface area contributed by atoms with E-state index in [9.17, 15) is 9.50 Å². The Labute approximate surface area is 166 Å². The summed E-state index contributed by atoms with van der Waals surface area (Å²) >= 11 is 0. The third-order valence-electron chi connectivity index (χ3n) is 4.76. The molecule has 0 saturated carbocycles. The van der Waals surface area contributed by atoms with Gasteiger partial charge in [0.1, 0.15) is 17.4 Å². The van der Waals surface area contributed by atoms with Crippen LogP contribution in [-0.2, 0) is 9.47 Å². The second kappa shape index (κ2) is 7.16. The Balaban J connectivity index is 1.35. The predicted octanol–water partition coefficient (Wildman–Crippen LogP) is 5.50. The number of aliphatic hydroxyl groups excluding tert-OH is 1. The van der Waals surface area contributed by atoms with Crippen molar-refractivity contribution < 1.29 is 19.0 Å². The molecule has 5 rings (SSSR count). The number of nitrogens with zero attached hydrogens (tertiary/aromatic N) is 1. The van der Waals surface area contributed by atoms with Crippen LogP contribution in [-0.4, -0.2) is 15.1 Å². The Kier molecular flexibility index (Phi) is 4.35. The normalized spacial score (nSPS) is 19.3. The number of halogens is 1. The van der Waals surface area contributed by atoms with E-state index >= 15 is 0 Å². The van der Waals surface area contributed by atoms with Crippen LogP contribution in [0.25, 0.3) is 22.9 Å². The summed E-state index contributed by atoms with van der Waals surface area (Å²) in [5.41, 5.74) is 3.77. The summed E-state index contributed by atoms with van der Waals surface area (Å²) in [7, 11) is 0. The number of hydrogen-bond donors (Lipinski definition) is 2. The van der Waals surface area contributed by atoms with Crippen molar-refractivity contribution in [2.45, 2.75) is 12.6 Å². The van der Waals surface area contributed by atoms with E-state index in [1.54, 1.807) is 12.1 Å². The summed E-state index contributed by atoms with van der Waals surface area (Å²) < 4.78 is 25.1. The summed E-state index contributed by atoms with van der Waals surface area (Å²) in [5, 5.41) is 10.2. The van der Waals surface area contributed by atoms with Crippen LogP contribution in [0.1, 0.15) is 35.1 Å². The fraction of sp³-hybridized carbons (Fsp3) is 0.0870. The highest BCUT2D eigenvalue weighted by Gasteiger charge is 2.33. The molecule has 6 heteroatoms. The van der Waals surface area contributed by atoms with E-state index in [2.05, 4.69) is 9.97 Å². The van der Waals surface area contributed by atoms with Crippen LogP contribution in [0, 0.1) is 5.82 Å². The summed E-state index contributed by atoms with van der Waals surface area (Å²) in [4.78, 5) is 7.58. The van der Waals surface area contributed by atoms with Gasteiger partial charge in [0.25, 0.3) is 0 Å². The average Bonchev–Trinajstić information content (AvgIpc) is 3.09. The summed E-state index contributed by atoms with van der Waals surface area (Å²) in [5.74, 6) is -0.0114. The number of aliphatic hydroxyl groups is 1. The smallest absolute Gasteiger partial charge is 0.190 e. The summed E-state index contributed by atoms with van der Waals surface area (Å²) in [6.07, 6.45) is 0.670. The SMILES string of the molecule is OC(=Cc1nc2ccc(C3OC(c4ccccc4)O3)cc2[nH]1)c1cccc(F)c1. The van der Waals surface area contributed by atoms with Crippen molar-refractivity contribution in [3.05, 3.63) is 101 Å². The van der Waals surface area contributed by atoms with E-state index in [4.69, 9.17) is 9.47 Å². The van der Waals surface area contributed by atoms with E-state index < -0.39 is 12.1 Å². The van der Waals surface area contributed by atoms with Crippen molar-refractivity contribution in [2.24, 2.45) is 0 Å². The second-order valence-electron chi connectivity index (χ2n) is 6.79. The fourth-order valence-electron chi connectivity index (χ4n) is 3.28. The zero-order valence-corrected chi connectivity index (χ0v) is 15.2. The van der Waals surface area contributed by atoms with Crippen molar-refractivity contribution in [1.29, 1.82) is 0 Å². The standard InChI is InChI=1S/C23H17FN2O3/c24-17-8-4-7-15(11-17)20(27)13-21-25-18-10-9-16(12-19(18)26-21)23-28-22(29-23)14-5-2-1-3-6-14/h1-13,22-23,27H,(H,25,26). The molecule has 3 aromatic carbocycles. The molecular formula is C23H17FN2O3. The van der Waals surface area contributed by atoms with Gasteiger partial charge in [-0.1, -0.05) is 48.5 Å². The van der Waals surface area contributed by atoms with Gasteiger partial charge in [-0.3, -0.25) is 0 Å². The van der Waals surface area contributed by atoms with Crippen molar-refractivity contribution in [3.8, 4) is 0 Å². The maximum Gasteiger partial charge on any atom is 0.190 e. The van der Waals surface area contributed by atoms with E-state index in [1.807, 2.05) is 48.5 Å². The Bertz CT molecular complexity index is 1200. The molecule has 144 valence electrons. The van der Waals surface area contributed by atoms with Crippen LogP contribution in [0.4, 0.5) is 4.39 Å². The number of imidazole rings is 1. The second-order valence-corrected chi connectivity index (χ2v) is 6.79. The number of benzene rings is 3.